The van der Waals surface area contributed by atoms with Crippen molar-refractivity contribution < 1.29 is 22.7 Å². The van der Waals surface area contributed by atoms with Crippen LogP contribution in [0.25, 0.3) is 5.69 Å². The molecule has 184 valence electrons. The van der Waals surface area contributed by atoms with E-state index in [2.05, 4.69) is 10.3 Å². The van der Waals surface area contributed by atoms with Gasteiger partial charge in [0.15, 0.2) is 11.5 Å². The number of benzene rings is 3. The highest BCUT2D eigenvalue weighted by atomic mass is 32.2. The van der Waals surface area contributed by atoms with E-state index in [9.17, 15) is 13.2 Å². The van der Waals surface area contributed by atoms with Gasteiger partial charge >= 0.3 is 0 Å². The van der Waals surface area contributed by atoms with Crippen molar-refractivity contribution in [3.63, 3.8) is 0 Å². The van der Waals surface area contributed by atoms with Crippen LogP contribution >= 0.6 is 0 Å². The predicted octanol–water partition coefficient (Wildman–Crippen LogP) is 3.16. The molecular weight excluding hydrogens is 480 g/mol. The zero-order chi connectivity index (χ0) is 25.0. The third-order valence-electron chi connectivity index (χ3n) is 5.66. The molecule has 0 radical (unpaired) electrons. The minimum atomic E-state index is -4.02. The summed E-state index contributed by atoms with van der Waals surface area (Å²) in [6.07, 6.45) is 5.25. The summed E-state index contributed by atoms with van der Waals surface area (Å²) < 4.78 is 41.2. The minimum absolute atomic E-state index is 0.0859. The lowest BCUT2D eigenvalue weighted by Crippen LogP contribution is -2.40. The zero-order valence-electron chi connectivity index (χ0n) is 19.3. The summed E-state index contributed by atoms with van der Waals surface area (Å²) in [5.41, 5.74) is 2.13. The van der Waals surface area contributed by atoms with Gasteiger partial charge in [-0.1, -0.05) is 30.3 Å². The molecule has 3 aromatic carbocycles. The molecule has 36 heavy (non-hydrogen) atoms. The summed E-state index contributed by atoms with van der Waals surface area (Å²) in [6, 6.07) is 20.5. The van der Waals surface area contributed by atoms with E-state index in [-0.39, 0.29) is 11.4 Å². The van der Waals surface area contributed by atoms with E-state index in [4.69, 9.17) is 9.47 Å². The molecule has 1 aliphatic heterocycles. The summed E-state index contributed by atoms with van der Waals surface area (Å²) in [6.45, 7) is 0.638. The third kappa shape index (κ3) is 5.03. The molecule has 0 saturated heterocycles. The molecule has 0 spiro atoms. The molecule has 0 aliphatic carbocycles. The molecular formula is C26H24N4O5S. The lowest BCUT2D eigenvalue weighted by atomic mass is 10.2. The lowest BCUT2D eigenvalue weighted by Gasteiger charge is -2.26. The number of imidazole rings is 1. The maximum absolute atomic E-state index is 13.5. The number of amides is 1. The number of hydrogen-bond acceptors (Lipinski definition) is 6. The van der Waals surface area contributed by atoms with E-state index in [1.807, 2.05) is 35.0 Å². The van der Waals surface area contributed by atoms with Gasteiger partial charge in [0, 0.05) is 30.7 Å². The molecule has 5 rings (SSSR count). The summed E-state index contributed by atoms with van der Waals surface area (Å²) in [4.78, 5) is 17.1. The van der Waals surface area contributed by atoms with Gasteiger partial charge in [0.1, 0.15) is 19.8 Å². The van der Waals surface area contributed by atoms with Crippen LogP contribution in [0.5, 0.6) is 11.5 Å². The molecule has 0 fully saturated rings. The second-order valence-electron chi connectivity index (χ2n) is 8.07. The molecule has 1 aliphatic rings. The molecule has 0 bridgehead atoms. The summed E-state index contributed by atoms with van der Waals surface area (Å²) in [5.74, 6) is 0.527. The first-order chi connectivity index (χ1) is 17.5. The Hall–Kier alpha value is -4.31. The van der Waals surface area contributed by atoms with Crippen LogP contribution in [0.1, 0.15) is 5.56 Å². The maximum atomic E-state index is 13.5. The Labute approximate surface area is 209 Å². The molecule has 2 heterocycles. The van der Waals surface area contributed by atoms with Crippen molar-refractivity contribution in [2.75, 3.05) is 24.1 Å². The summed E-state index contributed by atoms with van der Waals surface area (Å²) in [7, 11) is -4.02. The second-order valence-corrected chi connectivity index (χ2v) is 9.93. The van der Waals surface area contributed by atoms with E-state index in [0.29, 0.717) is 30.4 Å². The van der Waals surface area contributed by atoms with Crippen LogP contribution in [-0.2, 0) is 21.4 Å². The first-order valence-corrected chi connectivity index (χ1v) is 12.8. The van der Waals surface area contributed by atoms with E-state index >= 15 is 0 Å². The molecule has 4 aromatic rings. The van der Waals surface area contributed by atoms with E-state index in [0.717, 1.165) is 15.6 Å². The van der Waals surface area contributed by atoms with Gasteiger partial charge in [-0.15, -0.1) is 0 Å². The average Bonchev–Trinajstić information content (AvgIpc) is 3.46. The Morgan fingerprint density at radius 3 is 2.44 bits per heavy atom. The normalized spacial score (nSPS) is 12.7. The molecule has 0 unspecified atom stereocenters. The van der Waals surface area contributed by atoms with Gasteiger partial charge in [-0.05, 0) is 42.0 Å². The van der Waals surface area contributed by atoms with Gasteiger partial charge in [-0.25, -0.2) is 13.4 Å². The van der Waals surface area contributed by atoms with Crippen molar-refractivity contribution in [1.82, 2.24) is 14.9 Å². The van der Waals surface area contributed by atoms with Crippen molar-refractivity contribution in [2.45, 2.75) is 11.4 Å². The molecule has 9 nitrogen and oxygen atoms in total. The van der Waals surface area contributed by atoms with E-state index in [1.54, 1.807) is 48.9 Å². The Morgan fingerprint density at radius 1 is 0.972 bits per heavy atom. The number of carbonyl (C=O) groups excluding carboxylic acids is 1. The number of hydrogen-bond donors (Lipinski definition) is 1. The number of nitrogens with one attached hydrogen (secondary N) is 1. The predicted molar refractivity (Wildman–Crippen MR) is 134 cm³/mol. The molecule has 10 heteroatoms. The molecule has 0 atom stereocenters. The van der Waals surface area contributed by atoms with Crippen molar-refractivity contribution in [3.8, 4) is 17.2 Å². The fourth-order valence-corrected chi connectivity index (χ4v) is 5.24. The zero-order valence-corrected chi connectivity index (χ0v) is 20.1. The maximum Gasteiger partial charge on any atom is 0.264 e. The second kappa shape index (κ2) is 10.1. The van der Waals surface area contributed by atoms with Crippen molar-refractivity contribution in [1.29, 1.82) is 0 Å². The van der Waals surface area contributed by atoms with Gasteiger partial charge in [-0.3, -0.25) is 9.10 Å². The first kappa shape index (κ1) is 23.4. The number of fused-ring (bicyclic) bond motifs is 1. The number of nitrogens with zero attached hydrogens (tertiary/aromatic N) is 3. The number of anilines is 1. The number of aromatic nitrogens is 2. The largest absolute Gasteiger partial charge is 0.486 e. The topological polar surface area (TPSA) is 103 Å². The molecule has 1 aromatic heterocycles. The monoisotopic (exact) mass is 504 g/mol. The van der Waals surface area contributed by atoms with Crippen LogP contribution in [0.15, 0.2) is 96.4 Å². The van der Waals surface area contributed by atoms with Gasteiger partial charge in [0.2, 0.25) is 5.91 Å². The van der Waals surface area contributed by atoms with Gasteiger partial charge in [0.25, 0.3) is 10.0 Å². The lowest BCUT2D eigenvalue weighted by molar-refractivity contribution is -0.119. The third-order valence-corrected chi connectivity index (χ3v) is 7.45. The van der Waals surface area contributed by atoms with Crippen LogP contribution in [0.3, 0.4) is 0 Å². The highest BCUT2D eigenvalue weighted by Crippen LogP contribution is 2.35. The molecule has 0 saturated carbocycles. The van der Waals surface area contributed by atoms with Crippen LogP contribution in [0.2, 0.25) is 0 Å². The smallest absolute Gasteiger partial charge is 0.264 e. The Morgan fingerprint density at radius 2 is 1.72 bits per heavy atom. The fraction of sp³-hybridized carbons (Fsp3) is 0.154. The number of rotatable bonds is 8. The summed E-state index contributed by atoms with van der Waals surface area (Å²) >= 11 is 0. The standard InChI is InChI=1S/C26H24N4O5S/c31-26(28-17-20-6-8-21(9-7-20)29-13-12-27-19-29)18-30(36(32,33)23-4-2-1-3-5-23)22-10-11-24-25(16-22)35-15-14-34-24/h1-13,16,19H,14-15,17-18H2,(H,28,31). The van der Waals surface area contributed by atoms with Crippen LogP contribution in [0.4, 0.5) is 5.69 Å². The Bertz CT molecular complexity index is 1440. The first-order valence-electron chi connectivity index (χ1n) is 11.3. The number of carbonyl (C=O) groups is 1. The van der Waals surface area contributed by atoms with Crippen molar-refractivity contribution in [3.05, 3.63) is 97.1 Å². The van der Waals surface area contributed by atoms with Crippen molar-refractivity contribution >= 4 is 21.6 Å². The Balaban J connectivity index is 1.35. The minimum Gasteiger partial charge on any atom is -0.486 e. The Kier molecular flexibility index (Phi) is 6.59. The average molecular weight is 505 g/mol. The van der Waals surface area contributed by atoms with Crippen LogP contribution in [-0.4, -0.2) is 43.6 Å². The van der Waals surface area contributed by atoms with E-state index in [1.165, 1.54) is 12.1 Å². The van der Waals surface area contributed by atoms with Gasteiger partial charge < -0.3 is 19.4 Å². The quantitative estimate of drug-likeness (QED) is 0.396. The fourth-order valence-electron chi connectivity index (χ4n) is 3.81. The van der Waals surface area contributed by atoms with Crippen LogP contribution < -0.4 is 19.1 Å². The van der Waals surface area contributed by atoms with Crippen LogP contribution in [0, 0.1) is 0 Å². The summed E-state index contributed by atoms with van der Waals surface area (Å²) in [5, 5.41) is 2.82. The molecule has 1 N–H and O–H groups in total. The van der Waals surface area contributed by atoms with E-state index < -0.39 is 22.5 Å². The SMILES string of the molecule is O=C(CN(c1ccc2c(c1)OCCO2)S(=O)(=O)c1ccccc1)NCc1ccc(-n2ccnc2)cc1. The number of sulfonamides is 1. The van der Waals surface area contributed by atoms with Gasteiger partial charge in [0.05, 0.1) is 16.9 Å². The molecule has 1 amide bonds. The highest BCUT2D eigenvalue weighted by Gasteiger charge is 2.28. The number of ether oxygens (including phenoxy) is 2. The highest BCUT2D eigenvalue weighted by molar-refractivity contribution is 7.92. The van der Waals surface area contributed by atoms with Crippen molar-refractivity contribution in [2.24, 2.45) is 0 Å². The van der Waals surface area contributed by atoms with Gasteiger partial charge in [-0.2, -0.15) is 0 Å².